The van der Waals surface area contributed by atoms with E-state index in [0.29, 0.717) is 6.04 Å². The molecule has 0 amide bonds. The van der Waals surface area contributed by atoms with Crippen LogP contribution in [0.25, 0.3) is 0 Å². The van der Waals surface area contributed by atoms with Crippen molar-refractivity contribution in [3.8, 4) is 0 Å². The van der Waals surface area contributed by atoms with Gasteiger partial charge in [-0.3, -0.25) is 4.21 Å². The lowest BCUT2D eigenvalue weighted by molar-refractivity contribution is 0.537. The Hall–Kier alpha value is 0.0700. The van der Waals surface area contributed by atoms with Crippen molar-refractivity contribution < 1.29 is 4.21 Å². The summed E-state index contributed by atoms with van der Waals surface area (Å²) in [7, 11) is -0.516. The summed E-state index contributed by atoms with van der Waals surface area (Å²) >= 11 is 0. The predicted molar refractivity (Wildman–Crippen MR) is 48.0 cm³/mol. The van der Waals surface area contributed by atoms with Crippen molar-refractivity contribution >= 4 is 10.8 Å². The molecule has 0 radical (unpaired) electrons. The third-order valence-electron chi connectivity index (χ3n) is 1.84. The molecule has 11 heavy (non-hydrogen) atoms. The average Bonchev–Trinajstić information content (AvgIpc) is 1.94. The van der Waals surface area contributed by atoms with Gasteiger partial charge < -0.3 is 11.1 Å². The Kier molecular flexibility index (Phi) is 4.04. The summed E-state index contributed by atoms with van der Waals surface area (Å²) in [5.41, 5.74) is 5.34. The fourth-order valence-electron chi connectivity index (χ4n) is 1.09. The van der Waals surface area contributed by atoms with Crippen LogP contribution in [-0.4, -0.2) is 34.8 Å². The molecule has 1 aliphatic heterocycles. The van der Waals surface area contributed by atoms with E-state index >= 15 is 0 Å². The Bertz CT molecular complexity index is 132. The van der Waals surface area contributed by atoms with Gasteiger partial charge in [0.2, 0.25) is 0 Å². The molecule has 1 rings (SSSR count). The molecular weight excluding hydrogens is 160 g/mol. The van der Waals surface area contributed by atoms with E-state index in [-0.39, 0.29) is 0 Å². The molecule has 0 aromatic rings. The monoisotopic (exact) mass is 176 g/mol. The van der Waals surface area contributed by atoms with Crippen LogP contribution in [0.4, 0.5) is 0 Å². The lowest BCUT2D eigenvalue weighted by atomic mass is 10.3. The summed E-state index contributed by atoms with van der Waals surface area (Å²) in [5.74, 6) is 1.70. The molecule has 0 spiro atoms. The van der Waals surface area contributed by atoms with E-state index in [2.05, 4.69) is 5.32 Å². The first-order valence-electron chi connectivity index (χ1n) is 4.11. The highest BCUT2D eigenvalue weighted by Crippen LogP contribution is 2.04. The molecule has 0 unspecified atom stereocenters. The van der Waals surface area contributed by atoms with Gasteiger partial charge in [-0.15, -0.1) is 0 Å². The van der Waals surface area contributed by atoms with Crippen LogP contribution in [0, 0.1) is 0 Å². The molecule has 0 atom stereocenters. The van der Waals surface area contributed by atoms with Crippen LogP contribution in [0.15, 0.2) is 0 Å². The molecule has 3 nitrogen and oxygen atoms in total. The van der Waals surface area contributed by atoms with Crippen LogP contribution >= 0.6 is 0 Å². The maximum Gasteiger partial charge on any atom is 0.0398 e. The Morgan fingerprint density at radius 3 is 2.73 bits per heavy atom. The molecular formula is C7H16N2OS. The van der Waals surface area contributed by atoms with Crippen LogP contribution < -0.4 is 11.1 Å². The summed E-state index contributed by atoms with van der Waals surface area (Å²) in [6.45, 7) is 1.80. The third kappa shape index (κ3) is 3.31. The first kappa shape index (κ1) is 9.16. The Balaban J connectivity index is 1.85. The van der Waals surface area contributed by atoms with Gasteiger partial charge in [0.05, 0.1) is 0 Å². The number of hydrogen-bond donors (Lipinski definition) is 2. The highest BCUT2D eigenvalue weighted by molar-refractivity contribution is 7.86. The minimum absolute atomic E-state index is 0.516. The number of nitrogens with one attached hydrogen (secondary N) is 1. The fourth-order valence-corrected chi connectivity index (χ4v) is 2.13. The van der Waals surface area contributed by atoms with Crippen molar-refractivity contribution in [2.24, 2.45) is 5.73 Å². The zero-order valence-electron chi connectivity index (χ0n) is 6.71. The smallest absolute Gasteiger partial charge is 0.0398 e. The van der Waals surface area contributed by atoms with E-state index in [1.165, 1.54) is 0 Å². The van der Waals surface area contributed by atoms with Gasteiger partial charge >= 0.3 is 0 Å². The van der Waals surface area contributed by atoms with Gasteiger partial charge in [0, 0.05) is 28.3 Å². The number of rotatable bonds is 5. The normalized spacial score (nSPS) is 29.9. The molecule has 1 heterocycles. The van der Waals surface area contributed by atoms with Crippen LogP contribution in [0.1, 0.15) is 12.8 Å². The Morgan fingerprint density at radius 2 is 2.18 bits per heavy atom. The van der Waals surface area contributed by atoms with E-state index in [4.69, 9.17) is 5.73 Å². The second-order valence-corrected chi connectivity index (χ2v) is 4.47. The van der Waals surface area contributed by atoms with Crippen molar-refractivity contribution in [1.82, 2.24) is 5.32 Å². The molecule has 0 aliphatic carbocycles. The molecule has 0 aromatic carbocycles. The fraction of sp³-hybridized carbons (Fsp3) is 1.00. The molecule has 1 saturated heterocycles. The van der Waals surface area contributed by atoms with E-state index in [9.17, 15) is 4.21 Å². The lowest BCUT2D eigenvalue weighted by Gasteiger charge is -2.25. The summed E-state index contributed by atoms with van der Waals surface area (Å²) in [5, 5.41) is 3.34. The molecule has 0 saturated carbocycles. The summed E-state index contributed by atoms with van der Waals surface area (Å²) in [4.78, 5) is 0. The van der Waals surface area contributed by atoms with Crippen molar-refractivity contribution in [2.75, 3.05) is 24.6 Å². The topological polar surface area (TPSA) is 55.1 Å². The van der Waals surface area contributed by atoms with Crippen LogP contribution in [-0.2, 0) is 10.8 Å². The molecule has 4 heteroatoms. The SMILES string of the molecule is NCCCCNC1CS(=O)C1. The van der Waals surface area contributed by atoms with Crippen LogP contribution in [0.2, 0.25) is 0 Å². The third-order valence-corrected chi connectivity index (χ3v) is 3.39. The summed E-state index contributed by atoms with van der Waals surface area (Å²) < 4.78 is 10.6. The van der Waals surface area contributed by atoms with Gasteiger partial charge in [0.15, 0.2) is 0 Å². The van der Waals surface area contributed by atoms with Gasteiger partial charge in [-0.1, -0.05) is 0 Å². The van der Waals surface area contributed by atoms with Crippen LogP contribution in [0.3, 0.4) is 0 Å². The van der Waals surface area contributed by atoms with Gasteiger partial charge in [-0.2, -0.15) is 0 Å². The van der Waals surface area contributed by atoms with E-state index in [1.54, 1.807) is 0 Å². The molecule has 1 fully saturated rings. The van der Waals surface area contributed by atoms with Crippen molar-refractivity contribution in [1.29, 1.82) is 0 Å². The van der Waals surface area contributed by atoms with Crippen molar-refractivity contribution in [2.45, 2.75) is 18.9 Å². The highest BCUT2D eigenvalue weighted by atomic mass is 32.2. The van der Waals surface area contributed by atoms with Crippen LogP contribution in [0.5, 0.6) is 0 Å². The van der Waals surface area contributed by atoms with Gasteiger partial charge in [0.1, 0.15) is 0 Å². The predicted octanol–water partition coefficient (Wildman–Crippen LogP) is -0.554. The quantitative estimate of drug-likeness (QED) is 0.552. The molecule has 66 valence electrons. The maximum atomic E-state index is 10.6. The first-order chi connectivity index (χ1) is 5.33. The van der Waals surface area contributed by atoms with Crippen molar-refractivity contribution in [3.63, 3.8) is 0 Å². The number of nitrogens with two attached hydrogens (primary N) is 1. The minimum atomic E-state index is -0.516. The van der Waals surface area contributed by atoms with Gasteiger partial charge in [-0.25, -0.2) is 0 Å². The van der Waals surface area contributed by atoms with Gasteiger partial charge in [0.25, 0.3) is 0 Å². The number of hydrogen-bond acceptors (Lipinski definition) is 3. The maximum absolute atomic E-state index is 10.6. The Morgan fingerprint density at radius 1 is 1.45 bits per heavy atom. The summed E-state index contributed by atoms with van der Waals surface area (Å²) in [6.07, 6.45) is 2.22. The van der Waals surface area contributed by atoms with E-state index in [1.807, 2.05) is 0 Å². The summed E-state index contributed by atoms with van der Waals surface area (Å²) in [6, 6.07) is 0.522. The molecule has 1 aliphatic rings. The minimum Gasteiger partial charge on any atom is -0.330 e. The largest absolute Gasteiger partial charge is 0.330 e. The van der Waals surface area contributed by atoms with E-state index < -0.39 is 10.8 Å². The van der Waals surface area contributed by atoms with Gasteiger partial charge in [-0.05, 0) is 25.9 Å². The molecule has 0 aromatic heterocycles. The molecule has 3 N–H and O–H groups in total. The second kappa shape index (κ2) is 4.85. The zero-order valence-corrected chi connectivity index (χ0v) is 7.53. The van der Waals surface area contributed by atoms with Crippen molar-refractivity contribution in [3.05, 3.63) is 0 Å². The lowest BCUT2D eigenvalue weighted by Crippen LogP contribution is -2.48. The van der Waals surface area contributed by atoms with E-state index in [0.717, 1.165) is 37.4 Å². The standard InChI is InChI=1S/C7H16N2OS/c8-3-1-2-4-9-7-5-11(10)6-7/h7,9H,1-6,8H2. The second-order valence-electron chi connectivity index (χ2n) is 2.92. The average molecular weight is 176 g/mol. The zero-order chi connectivity index (χ0) is 8.10. The number of unbranched alkanes of at least 4 members (excludes halogenated alkanes) is 1. The first-order valence-corrected chi connectivity index (χ1v) is 5.60. The Labute approximate surface area is 70.2 Å². The highest BCUT2D eigenvalue weighted by Gasteiger charge is 2.23. The molecule has 0 bridgehead atoms.